The standard InChI is InChI=1S/C12H10F4N4/c13-10-8(12(14,15)16)2-1-3-9(10)20-11-18-5-4-7(6-17)19-11/h1-5H,6,17H2,(H,18,19,20). The minimum atomic E-state index is -4.76. The monoisotopic (exact) mass is 286 g/mol. The predicted molar refractivity (Wildman–Crippen MR) is 64.6 cm³/mol. The number of nitrogens with one attached hydrogen (secondary N) is 1. The highest BCUT2D eigenvalue weighted by atomic mass is 19.4. The van der Waals surface area contributed by atoms with Crippen molar-refractivity contribution in [3.8, 4) is 0 Å². The van der Waals surface area contributed by atoms with Gasteiger partial charge in [-0.1, -0.05) is 6.07 Å². The average Bonchev–Trinajstić information content (AvgIpc) is 2.40. The highest BCUT2D eigenvalue weighted by Crippen LogP contribution is 2.34. The third-order valence-electron chi connectivity index (χ3n) is 2.47. The van der Waals surface area contributed by atoms with Gasteiger partial charge in [-0.15, -0.1) is 0 Å². The summed E-state index contributed by atoms with van der Waals surface area (Å²) in [6, 6.07) is 4.48. The minimum Gasteiger partial charge on any atom is -0.325 e. The van der Waals surface area contributed by atoms with E-state index in [2.05, 4.69) is 15.3 Å². The van der Waals surface area contributed by atoms with Crippen LogP contribution < -0.4 is 11.1 Å². The number of anilines is 2. The highest BCUT2D eigenvalue weighted by molar-refractivity contribution is 5.56. The zero-order valence-electron chi connectivity index (χ0n) is 10.1. The van der Waals surface area contributed by atoms with Gasteiger partial charge >= 0.3 is 6.18 Å². The van der Waals surface area contributed by atoms with Crippen LogP contribution in [0.3, 0.4) is 0 Å². The Balaban J connectivity index is 2.34. The molecule has 2 rings (SSSR count). The molecule has 0 radical (unpaired) electrons. The van der Waals surface area contributed by atoms with E-state index in [0.29, 0.717) is 11.8 Å². The first kappa shape index (κ1) is 14.2. The van der Waals surface area contributed by atoms with Gasteiger partial charge in [0.1, 0.15) is 0 Å². The number of hydrogen-bond acceptors (Lipinski definition) is 4. The van der Waals surface area contributed by atoms with E-state index in [1.54, 1.807) is 6.07 Å². The Kier molecular flexibility index (Phi) is 3.84. The summed E-state index contributed by atoms with van der Waals surface area (Å²) in [6.45, 7) is 0.141. The van der Waals surface area contributed by atoms with Crippen molar-refractivity contribution in [2.45, 2.75) is 12.7 Å². The lowest BCUT2D eigenvalue weighted by Gasteiger charge is -2.12. The number of nitrogens with zero attached hydrogens (tertiary/aromatic N) is 2. The Morgan fingerprint density at radius 2 is 1.95 bits per heavy atom. The first-order valence-electron chi connectivity index (χ1n) is 5.56. The molecule has 20 heavy (non-hydrogen) atoms. The summed E-state index contributed by atoms with van der Waals surface area (Å²) >= 11 is 0. The first-order chi connectivity index (χ1) is 9.41. The van der Waals surface area contributed by atoms with Crippen molar-refractivity contribution in [3.05, 3.63) is 47.5 Å². The van der Waals surface area contributed by atoms with Crippen LogP contribution in [0.4, 0.5) is 29.2 Å². The fourth-order valence-corrected chi connectivity index (χ4v) is 1.54. The predicted octanol–water partition coefficient (Wildman–Crippen LogP) is 2.84. The largest absolute Gasteiger partial charge is 0.419 e. The Hall–Kier alpha value is -2.22. The van der Waals surface area contributed by atoms with E-state index >= 15 is 0 Å². The van der Waals surface area contributed by atoms with Crippen LogP contribution in [0.5, 0.6) is 0 Å². The van der Waals surface area contributed by atoms with Crippen LogP contribution in [0.15, 0.2) is 30.5 Å². The maximum Gasteiger partial charge on any atom is 0.419 e. The Bertz CT molecular complexity index is 613. The van der Waals surface area contributed by atoms with Crippen molar-refractivity contribution >= 4 is 11.6 Å². The molecule has 1 heterocycles. The quantitative estimate of drug-likeness (QED) is 0.852. The van der Waals surface area contributed by atoms with E-state index in [9.17, 15) is 17.6 Å². The van der Waals surface area contributed by atoms with Crippen LogP contribution in [0.1, 0.15) is 11.3 Å². The van der Waals surface area contributed by atoms with Gasteiger partial charge in [-0.05, 0) is 18.2 Å². The maximum absolute atomic E-state index is 13.8. The third kappa shape index (κ3) is 3.02. The van der Waals surface area contributed by atoms with Gasteiger partial charge in [-0.2, -0.15) is 13.2 Å². The van der Waals surface area contributed by atoms with Crippen LogP contribution in [0.25, 0.3) is 0 Å². The van der Waals surface area contributed by atoms with Crippen molar-refractivity contribution in [2.24, 2.45) is 5.73 Å². The molecule has 0 amide bonds. The summed E-state index contributed by atoms with van der Waals surface area (Å²) in [5.74, 6) is -1.42. The molecule has 0 atom stereocenters. The van der Waals surface area contributed by atoms with Gasteiger partial charge in [0.25, 0.3) is 0 Å². The molecule has 0 aliphatic rings. The van der Waals surface area contributed by atoms with Crippen LogP contribution in [0, 0.1) is 5.82 Å². The van der Waals surface area contributed by atoms with Crippen molar-refractivity contribution in [1.82, 2.24) is 9.97 Å². The van der Waals surface area contributed by atoms with Crippen LogP contribution in [0.2, 0.25) is 0 Å². The average molecular weight is 286 g/mol. The normalized spacial score (nSPS) is 11.4. The molecular formula is C12H10F4N4. The number of rotatable bonds is 3. The summed E-state index contributed by atoms with van der Waals surface area (Å²) in [7, 11) is 0. The lowest BCUT2D eigenvalue weighted by atomic mass is 10.2. The second-order valence-corrected chi connectivity index (χ2v) is 3.87. The van der Waals surface area contributed by atoms with E-state index in [1.165, 1.54) is 12.3 Å². The van der Waals surface area contributed by atoms with E-state index in [-0.39, 0.29) is 18.2 Å². The van der Waals surface area contributed by atoms with E-state index in [0.717, 1.165) is 6.07 Å². The van der Waals surface area contributed by atoms with E-state index in [4.69, 9.17) is 5.73 Å². The molecule has 0 saturated carbocycles. The molecule has 0 spiro atoms. The number of nitrogens with two attached hydrogens (primary N) is 1. The number of alkyl halides is 3. The molecule has 1 aromatic carbocycles. The molecule has 0 bridgehead atoms. The lowest BCUT2D eigenvalue weighted by molar-refractivity contribution is -0.139. The molecule has 2 aromatic rings. The number of hydrogen-bond donors (Lipinski definition) is 2. The fraction of sp³-hybridized carbons (Fsp3) is 0.167. The minimum absolute atomic E-state index is 0.0221. The zero-order valence-corrected chi connectivity index (χ0v) is 10.1. The third-order valence-corrected chi connectivity index (χ3v) is 2.47. The number of halogens is 4. The topological polar surface area (TPSA) is 63.8 Å². The first-order valence-corrected chi connectivity index (χ1v) is 5.56. The highest BCUT2D eigenvalue weighted by Gasteiger charge is 2.34. The zero-order chi connectivity index (χ0) is 14.8. The van der Waals surface area contributed by atoms with Gasteiger partial charge in [0.15, 0.2) is 5.82 Å². The van der Waals surface area contributed by atoms with Crippen molar-refractivity contribution in [3.63, 3.8) is 0 Å². The summed E-state index contributed by atoms with van der Waals surface area (Å²) < 4.78 is 51.5. The van der Waals surface area contributed by atoms with Crippen molar-refractivity contribution < 1.29 is 17.6 Å². The van der Waals surface area contributed by atoms with Gasteiger partial charge in [0.2, 0.25) is 5.95 Å². The molecule has 3 N–H and O–H groups in total. The molecule has 0 aliphatic heterocycles. The number of aromatic nitrogens is 2. The number of benzene rings is 1. The van der Waals surface area contributed by atoms with Crippen LogP contribution >= 0.6 is 0 Å². The molecule has 0 aliphatic carbocycles. The Labute approximate surface area is 111 Å². The van der Waals surface area contributed by atoms with Gasteiger partial charge in [-0.25, -0.2) is 14.4 Å². The summed E-state index contributed by atoms with van der Waals surface area (Å²) in [6.07, 6.45) is -3.38. The second-order valence-electron chi connectivity index (χ2n) is 3.87. The summed E-state index contributed by atoms with van der Waals surface area (Å²) in [5, 5.41) is 2.41. The molecule has 106 valence electrons. The fourth-order valence-electron chi connectivity index (χ4n) is 1.54. The molecular weight excluding hydrogens is 276 g/mol. The molecule has 0 fully saturated rings. The Morgan fingerprint density at radius 3 is 2.60 bits per heavy atom. The molecule has 0 saturated heterocycles. The van der Waals surface area contributed by atoms with Gasteiger partial charge in [0.05, 0.1) is 16.9 Å². The van der Waals surface area contributed by atoms with Gasteiger partial charge < -0.3 is 11.1 Å². The van der Waals surface area contributed by atoms with Crippen LogP contribution in [-0.4, -0.2) is 9.97 Å². The SMILES string of the molecule is NCc1ccnc(Nc2cccc(C(F)(F)F)c2F)n1. The van der Waals surface area contributed by atoms with Gasteiger partial charge in [0, 0.05) is 12.7 Å². The molecule has 8 heteroatoms. The van der Waals surface area contributed by atoms with Crippen molar-refractivity contribution in [2.75, 3.05) is 5.32 Å². The van der Waals surface area contributed by atoms with E-state index in [1.807, 2.05) is 0 Å². The van der Waals surface area contributed by atoms with E-state index < -0.39 is 17.6 Å². The van der Waals surface area contributed by atoms with Crippen molar-refractivity contribution in [1.29, 1.82) is 0 Å². The Morgan fingerprint density at radius 1 is 1.20 bits per heavy atom. The smallest absolute Gasteiger partial charge is 0.325 e. The second kappa shape index (κ2) is 5.41. The summed E-state index contributed by atoms with van der Waals surface area (Å²) in [5.41, 5.74) is 4.16. The lowest BCUT2D eigenvalue weighted by Crippen LogP contribution is -2.10. The van der Waals surface area contributed by atoms with Crippen LogP contribution in [-0.2, 0) is 12.7 Å². The molecule has 0 unspecified atom stereocenters. The summed E-state index contributed by atoms with van der Waals surface area (Å²) in [4.78, 5) is 7.71. The van der Waals surface area contributed by atoms with Gasteiger partial charge in [-0.3, -0.25) is 0 Å². The maximum atomic E-state index is 13.8. The molecule has 1 aromatic heterocycles. The molecule has 4 nitrogen and oxygen atoms in total.